The van der Waals surface area contributed by atoms with Crippen LogP contribution in [0.15, 0.2) is 4.52 Å². The Morgan fingerprint density at radius 1 is 1.23 bits per heavy atom. The summed E-state index contributed by atoms with van der Waals surface area (Å²) in [5.74, 6) is 1.10. The predicted molar refractivity (Wildman–Crippen MR) is 78.4 cm³/mol. The lowest BCUT2D eigenvalue weighted by Gasteiger charge is -2.40. The van der Waals surface area contributed by atoms with E-state index in [2.05, 4.69) is 17.1 Å². The highest BCUT2D eigenvalue weighted by atomic mass is 16.5. The molecule has 0 radical (unpaired) electrons. The molecule has 0 bridgehead atoms. The number of aromatic nitrogens is 2. The number of urea groups is 1. The van der Waals surface area contributed by atoms with Crippen LogP contribution in [0.3, 0.4) is 0 Å². The third-order valence-corrected chi connectivity index (χ3v) is 4.71. The SMILES string of the molecule is CCCc1nc(N2CCC3(CC2)C(=O)N(C)C(=O)N3C)no1. The van der Waals surface area contributed by atoms with Gasteiger partial charge in [0.15, 0.2) is 0 Å². The van der Waals surface area contributed by atoms with Gasteiger partial charge in [0, 0.05) is 33.6 Å². The van der Waals surface area contributed by atoms with E-state index in [1.807, 2.05) is 4.90 Å². The van der Waals surface area contributed by atoms with Gasteiger partial charge in [0.05, 0.1) is 0 Å². The van der Waals surface area contributed by atoms with Crippen molar-refractivity contribution in [1.29, 1.82) is 0 Å². The van der Waals surface area contributed by atoms with Crippen molar-refractivity contribution in [2.75, 3.05) is 32.1 Å². The second kappa shape index (κ2) is 5.26. The maximum Gasteiger partial charge on any atom is 0.327 e. The van der Waals surface area contributed by atoms with Crippen molar-refractivity contribution < 1.29 is 14.1 Å². The van der Waals surface area contributed by atoms with E-state index in [9.17, 15) is 9.59 Å². The van der Waals surface area contributed by atoms with Crippen LogP contribution in [-0.4, -0.2) is 64.6 Å². The van der Waals surface area contributed by atoms with Gasteiger partial charge in [-0.25, -0.2) is 4.79 Å². The van der Waals surface area contributed by atoms with E-state index in [0.717, 1.165) is 12.8 Å². The van der Waals surface area contributed by atoms with Crippen molar-refractivity contribution in [1.82, 2.24) is 19.9 Å². The van der Waals surface area contributed by atoms with Crippen LogP contribution < -0.4 is 4.90 Å². The molecule has 0 N–H and O–H groups in total. The number of amides is 3. The number of imide groups is 1. The highest BCUT2D eigenvalue weighted by molar-refractivity contribution is 6.06. The first-order valence-corrected chi connectivity index (χ1v) is 7.63. The molecule has 3 heterocycles. The van der Waals surface area contributed by atoms with Crippen LogP contribution in [0.5, 0.6) is 0 Å². The molecule has 0 unspecified atom stereocenters. The van der Waals surface area contributed by atoms with E-state index in [1.54, 1.807) is 19.0 Å². The van der Waals surface area contributed by atoms with Gasteiger partial charge in [0.1, 0.15) is 5.54 Å². The number of likely N-dealkylation sites (N-methyl/N-ethyl adjacent to an activating group) is 2. The topological polar surface area (TPSA) is 82.8 Å². The first-order chi connectivity index (χ1) is 10.5. The molecule has 120 valence electrons. The Balaban J connectivity index is 1.72. The fraction of sp³-hybridized carbons (Fsp3) is 0.714. The zero-order chi connectivity index (χ0) is 15.9. The quantitative estimate of drug-likeness (QED) is 0.771. The van der Waals surface area contributed by atoms with Crippen molar-refractivity contribution in [2.24, 2.45) is 0 Å². The second-order valence-corrected chi connectivity index (χ2v) is 5.96. The maximum absolute atomic E-state index is 12.4. The summed E-state index contributed by atoms with van der Waals surface area (Å²) in [4.78, 5) is 33.6. The van der Waals surface area contributed by atoms with Gasteiger partial charge < -0.3 is 14.3 Å². The Bertz CT molecular complexity index is 591. The largest absolute Gasteiger partial charge is 0.338 e. The van der Waals surface area contributed by atoms with Gasteiger partial charge in [-0.2, -0.15) is 4.98 Å². The molecule has 0 aliphatic carbocycles. The number of nitrogens with zero attached hydrogens (tertiary/aromatic N) is 5. The molecule has 3 amide bonds. The van der Waals surface area contributed by atoms with Crippen molar-refractivity contribution in [3.8, 4) is 0 Å². The third-order valence-electron chi connectivity index (χ3n) is 4.71. The standard InChI is InChI=1S/C14H21N5O3/c1-4-5-10-15-12(16-22-10)19-8-6-14(7-9-19)11(20)17(2)13(21)18(14)3/h4-9H2,1-3H3. The molecule has 0 aromatic carbocycles. The van der Waals surface area contributed by atoms with Crippen molar-refractivity contribution in [3.63, 3.8) is 0 Å². The number of aryl methyl sites for hydroxylation is 1. The molecule has 1 aromatic heterocycles. The number of carbonyl (C=O) groups excluding carboxylic acids is 2. The summed E-state index contributed by atoms with van der Waals surface area (Å²) >= 11 is 0. The minimum absolute atomic E-state index is 0.112. The molecule has 2 aliphatic heterocycles. The number of hydrogen-bond acceptors (Lipinski definition) is 6. The fourth-order valence-electron chi connectivity index (χ4n) is 3.27. The lowest BCUT2D eigenvalue weighted by molar-refractivity contribution is -0.133. The lowest BCUT2D eigenvalue weighted by Crippen LogP contribution is -2.55. The van der Waals surface area contributed by atoms with E-state index in [0.29, 0.717) is 37.8 Å². The lowest BCUT2D eigenvalue weighted by atomic mass is 9.86. The van der Waals surface area contributed by atoms with E-state index in [-0.39, 0.29) is 11.9 Å². The van der Waals surface area contributed by atoms with Gasteiger partial charge >= 0.3 is 6.03 Å². The molecule has 8 nitrogen and oxygen atoms in total. The summed E-state index contributed by atoms with van der Waals surface area (Å²) in [6.07, 6.45) is 2.88. The minimum Gasteiger partial charge on any atom is -0.338 e. The van der Waals surface area contributed by atoms with Crippen LogP contribution >= 0.6 is 0 Å². The summed E-state index contributed by atoms with van der Waals surface area (Å²) < 4.78 is 5.21. The van der Waals surface area contributed by atoms with E-state index in [1.165, 1.54) is 4.90 Å². The molecule has 0 saturated carbocycles. The zero-order valence-corrected chi connectivity index (χ0v) is 13.2. The van der Waals surface area contributed by atoms with E-state index >= 15 is 0 Å². The highest BCUT2D eigenvalue weighted by Crippen LogP contribution is 2.36. The monoisotopic (exact) mass is 307 g/mol. The van der Waals surface area contributed by atoms with Crippen LogP contribution in [0.25, 0.3) is 0 Å². The molecule has 2 saturated heterocycles. The van der Waals surface area contributed by atoms with E-state index < -0.39 is 5.54 Å². The van der Waals surface area contributed by atoms with Gasteiger partial charge in [-0.05, 0) is 24.4 Å². The first-order valence-electron chi connectivity index (χ1n) is 7.63. The second-order valence-electron chi connectivity index (χ2n) is 5.96. The Morgan fingerprint density at radius 2 is 1.91 bits per heavy atom. The van der Waals surface area contributed by atoms with Crippen LogP contribution in [-0.2, 0) is 11.2 Å². The van der Waals surface area contributed by atoms with Crippen LogP contribution in [0.2, 0.25) is 0 Å². The number of carbonyl (C=O) groups is 2. The average Bonchev–Trinajstić information content (AvgIpc) is 3.05. The normalized spacial score (nSPS) is 21.3. The Morgan fingerprint density at radius 3 is 2.45 bits per heavy atom. The molecule has 22 heavy (non-hydrogen) atoms. The summed E-state index contributed by atoms with van der Waals surface area (Å²) in [6.45, 7) is 3.31. The van der Waals surface area contributed by atoms with Crippen molar-refractivity contribution >= 4 is 17.9 Å². The smallest absolute Gasteiger partial charge is 0.327 e. The van der Waals surface area contributed by atoms with Crippen LogP contribution in [0.4, 0.5) is 10.7 Å². The fourth-order valence-corrected chi connectivity index (χ4v) is 3.27. The summed E-state index contributed by atoms with van der Waals surface area (Å²) in [7, 11) is 3.24. The number of anilines is 1. The van der Waals surface area contributed by atoms with Crippen LogP contribution in [0, 0.1) is 0 Å². The van der Waals surface area contributed by atoms with Gasteiger partial charge in [0.25, 0.3) is 11.9 Å². The Hall–Kier alpha value is -2.12. The molecule has 2 fully saturated rings. The molecule has 0 atom stereocenters. The third kappa shape index (κ3) is 2.05. The molecule has 1 spiro atoms. The first kappa shape index (κ1) is 14.8. The molecule has 3 rings (SSSR count). The number of hydrogen-bond donors (Lipinski definition) is 0. The summed E-state index contributed by atoms with van der Waals surface area (Å²) in [5.41, 5.74) is -0.710. The number of piperidine rings is 1. The molecular formula is C14H21N5O3. The Labute approximate surface area is 129 Å². The van der Waals surface area contributed by atoms with Crippen molar-refractivity contribution in [3.05, 3.63) is 5.89 Å². The van der Waals surface area contributed by atoms with E-state index in [4.69, 9.17) is 4.52 Å². The Kier molecular flexibility index (Phi) is 3.54. The molecule has 1 aromatic rings. The predicted octanol–water partition coefficient (Wildman–Crippen LogP) is 0.885. The highest BCUT2D eigenvalue weighted by Gasteiger charge is 2.55. The minimum atomic E-state index is -0.710. The van der Waals surface area contributed by atoms with Gasteiger partial charge in [0.2, 0.25) is 5.89 Å². The molecule has 8 heteroatoms. The average molecular weight is 307 g/mol. The molecular weight excluding hydrogens is 286 g/mol. The summed E-state index contributed by atoms with van der Waals surface area (Å²) in [6, 6.07) is -0.233. The molecule has 2 aliphatic rings. The maximum atomic E-state index is 12.4. The van der Waals surface area contributed by atoms with Gasteiger partial charge in [-0.1, -0.05) is 6.92 Å². The van der Waals surface area contributed by atoms with Gasteiger partial charge in [-0.3, -0.25) is 9.69 Å². The van der Waals surface area contributed by atoms with Crippen LogP contribution in [0.1, 0.15) is 32.1 Å². The number of rotatable bonds is 3. The summed E-state index contributed by atoms with van der Waals surface area (Å²) in [5, 5.41) is 4.01. The van der Waals surface area contributed by atoms with Gasteiger partial charge in [-0.15, -0.1) is 0 Å². The van der Waals surface area contributed by atoms with Crippen molar-refractivity contribution in [2.45, 2.75) is 38.1 Å². The zero-order valence-electron chi connectivity index (χ0n) is 13.2.